The standard InChI is InChI=1S/C15H20N2O4/c1-2-11-5-3-4-6-12(11)9-16-15(20)17-7-8-21-10-13(17)14(18)19/h3-6,13H,2,7-10H2,1H3,(H,16,20)(H,18,19). The highest BCUT2D eigenvalue weighted by atomic mass is 16.5. The van der Waals surface area contributed by atoms with Crippen molar-refractivity contribution in [2.24, 2.45) is 0 Å². The van der Waals surface area contributed by atoms with Crippen LogP contribution in [-0.4, -0.2) is 47.8 Å². The maximum absolute atomic E-state index is 12.2. The van der Waals surface area contributed by atoms with Gasteiger partial charge in [0.2, 0.25) is 0 Å². The molecule has 1 fully saturated rings. The minimum absolute atomic E-state index is 0.0360. The van der Waals surface area contributed by atoms with Gasteiger partial charge in [-0.15, -0.1) is 0 Å². The summed E-state index contributed by atoms with van der Waals surface area (Å²) in [5.74, 6) is -1.04. The van der Waals surface area contributed by atoms with Crippen LogP contribution in [-0.2, 0) is 22.5 Å². The number of hydrogen-bond acceptors (Lipinski definition) is 3. The minimum atomic E-state index is -1.04. The number of nitrogens with zero attached hydrogens (tertiary/aromatic N) is 1. The molecule has 1 saturated heterocycles. The quantitative estimate of drug-likeness (QED) is 0.875. The van der Waals surface area contributed by atoms with Crippen molar-refractivity contribution in [3.8, 4) is 0 Å². The van der Waals surface area contributed by atoms with Crippen LogP contribution in [0.1, 0.15) is 18.1 Å². The monoisotopic (exact) mass is 292 g/mol. The second-order valence-corrected chi connectivity index (χ2v) is 4.90. The normalized spacial score (nSPS) is 18.3. The highest BCUT2D eigenvalue weighted by Gasteiger charge is 2.32. The maximum Gasteiger partial charge on any atom is 0.328 e. The Morgan fingerprint density at radius 1 is 1.38 bits per heavy atom. The zero-order valence-corrected chi connectivity index (χ0v) is 12.0. The molecular formula is C15H20N2O4. The number of urea groups is 1. The molecule has 0 saturated carbocycles. The summed E-state index contributed by atoms with van der Waals surface area (Å²) in [5.41, 5.74) is 2.23. The molecule has 0 spiro atoms. The lowest BCUT2D eigenvalue weighted by Crippen LogP contribution is -2.55. The van der Waals surface area contributed by atoms with E-state index in [4.69, 9.17) is 9.84 Å². The topological polar surface area (TPSA) is 78.9 Å². The Hall–Kier alpha value is -2.08. The summed E-state index contributed by atoms with van der Waals surface area (Å²) in [6.07, 6.45) is 0.890. The number of carboxylic acids is 1. The molecule has 0 bridgehead atoms. The molecule has 0 aliphatic carbocycles. The maximum atomic E-state index is 12.2. The first-order valence-electron chi connectivity index (χ1n) is 7.05. The van der Waals surface area contributed by atoms with Crippen LogP contribution in [0.15, 0.2) is 24.3 Å². The first-order valence-corrected chi connectivity index (χ1v) is 7.05. The molecule has 2 rings (SSSR count). The number of benzene rings is 1. The molecule has 1 heterocycles. The van der Waals surface area contributed by atoms with Gasteiger partial charge in [0.1, 0.15) is 0 Å². The van der Waals surface area contributed by atoms with Crippen molar-refractivity contribution in [3.05, 3.63) is 35.4 Å². The van der Waals surface area contributed by atoms with Crippen molar-refractivity contribution >= 4 is 12.0 Å². The summed E-state index contributed by atoms with van der Waals surface area (Å²) in [6.45, 7) is 3.14. The van der Waals surface area contributed by atoms with Crippen LogP contribution in [0, 0.1) is 0 Å². The van der Waals surface area contributed by atoms with Crippen molar-refractivity contribution in [3.63, 3.8) is 0 Å². The van der Waals surface area contributed by atoms with E-state index < -0.39 is 12.0 Å². The summed E-state index contributed by atoms with van der Waals surface area (Å²) in [4.78, 5) is 24.6. The SMILES string of the molecule is CCc1ccccc1CNC(=O)N1CCOCC1C(=O)O. The Morgan fingerprint density at radius 3 is 2.76 bits per heavy atom. The average Bonchev–Trinajstić information content (AvgIpc) is 2.52. The summed E-state index contributed by atoms with van der Waals surface area (Å²) in [6, 6.07) is 6.60. The lowest BCUT2D eigenvalue weighted by atomic mass is 10.1. The molecule has 1 aromatic carbocycles. The number of aliphatic carboxylic acids is 1. The van der Waals surface area contributed by atoms with Crippen LogP contribution >= 0.6 is 0 Å². The third-order valence-corrected chi connectivity index (χ3v) is 3.60. The summed E-state index contributed by atoms with van der Waals surface area (Å²) >= 11 is 0. The number of hydrogen-bond donors (Lipinski definition) is 2. The lowest BCUT2D eigenvalue weighted by Gasteiger charge is -2.32. The number of rotatable bonds is 4. The van der Waals surface area contributed by atoms with Gasteiger partial charge in [0.15, 0.2) is 6.04 Å². The van der Waals surface area contributed by atoms with Gasteiger partial charge in [-0.1, -0.05) is 31.2 Å². The summed E-state index contributed by atoms with van der Waals surface area (Å²) in [5, 5.41) is 11.9. The average molecular weight is 292 g/mol. The molecule has 0 radical (unpaired) electrons. The number of nitrogens with one attached hydrogen (secondary N) is 1. The van der Waals surface area contributed by atoms with E-state index in [-0.39, 0.29) is 19.2 Å². The number of carboxylic acid groups (broad SMARTS) is 1. The fourth-order valence-electron chi connectivity index (χ4n) is 2.40. The fraction of sp³-hybridized carbons (Fsp3) is 0.467. The van der Waals surface area contributed by atoms with Crippen molar-refractivity contribution in [1.29, 1.82) is 0 Å². The number of ether oxygens (including phenoxy) is 1. The number of aryl methyl sites for hydroxylation is 1. The zero-order valence-electron chi connectivity index (χ0n) is 12.0. The first-order chi connectivity index (χ1) is 10.1. The first kappa shape index (κ1) is 15.3. The molecule has 2 amide bonds. The van der Waals surface area contributed by atoms with Crippen LogP contribution in [0.5, 0.6) is 0 Å². The molecule has 1 aromatic rings. The van der Waals surface area contributed by atoms with Gasteiger partial charge in [0, 0.05) is 13.1 Å². The number of carbonyl (C=O) groups is 2. The second-order valence-electron chi connectivity index (χ2n) is 4.90. The molecule has 0 aromatic heterocycles. The predicted octanol–water partition coefficient (Wildman–Crippen LogP) is 1.24. The highest BCUT2D eigenvalue weighted by molar-refractivity contribution is 5.83. The second kappa shape index (κ2) is 7.08. The van der Waals surface area contributed by atoms with Gasteiger partial charge in [-0.05, 0) is 17.5 Å². The fourth-order valence-corrected chi connectivity index (χ4v) is 2.40. The van der Waals surface area contributed by atoms with Crippen LogP contribution in [0.3, 0.4) is 0 Å². The van der Waals surface area contributed by atoms with Crippen molar-refractivity contribution < 1.29 is 19.4 Å². The Balaban J connectivity index is 1.99. The summed E-state index contributed by atoms with van der Waals surface area (Å²) in [7, 11) is 0. The van der Waals surface area contributed by atoms with Gasteiger partial charge in [-0.3, -0.25) is 0 Å². The Labute approximate surface area is 123 Å². The molecule has 1 atom stereocenters. The molecule has 1 aliphatic rings. The van der Waals surface area contributed by atoms with Gasteiger partial charge >= 0.3 is 12.0 Å². The third-order valence-electron chi connectivity index (χ3n) is 3.60. The van der Waals surface area contributed by atoms with E-state index in [1.54, 1.807) is 0 Å². The zero-order chi connectivity index (χ0) is 15.2. The third kappa shape index (κ3) is 3.72. The molecule has 1 unspecified atom stereocenters. The van der Waals surface area contributed by atoms with E-state index in [9.17, 15) is 9.59 Å². The number of amides is 2. The molecular weight excluding hydrogens is 272 g/mol. The van der Waals surface area contributed by atoms with E-state index in [2.05, 4.69) is 12.2 Å². The number of carbonyl (C=O) groups excluding carboxylic acids is 1. The van der Waals surface area contributed by atoms with E-state index >= 15 is 0 Å². The summed E-state index contributed by atoms with van der Waals surface area (Å²) < 4.78 is 5.12. The smallest absolute Gasteiger partial charge is 0.328 e. The molecule has 6 heteroatoms. The van der Waals surface area contributed by atoms with Crippen LogP contribution in [0.2, 0.25) is 0 Å². The van der Waals surface area contributed by atoms with E-state index in [0.717, 1.165) is 12.0 Å². The predicted molar refractivity (Wildman–Crippen MR) is 77.0 cm³/mol. The van der Waals surface area contributed by atoms with Crippen molar-refractivity contribution in [1.82, 2.24) is 10.2 Å². The van der Waals surface area contributed by atoms with Gasteiger partial charge in [-0.25, -0.2) is 9.59 Å². The van der Waals surface area contributed by atoms with Crippen molar-refractivity contribution in [2.75, 3.05) is 19.8 Å². The van der Waals surface area contributed by atoms with E-state index in [0.29, 0.717) is 13.2 Å². The molecule has 21 heavy (non-hydrogen) atoms. The Kier molecular flexibility index (Phi) is 5.16. The van der Waals surface area contributed by atoms with Gasteiger partial charge < -0.3 is 20.1 Å². The molecule has 1 aliphatic heterocycles. The molecule has 2 N–H and O–H groups in total. The van der Waals surface area contributed by atoms with E-state index in [1.807, 2.05) is 24.3 Å². The van der Waals surface area contributed by atoms with Crippen LogP contribution in [0.25, 0.3) is 0 Å². The number of morpholine rings is 1. The van der Waals surface area contributed by atoms with Gasteiger partial charge in [0.25, 0.3) is 0 Å². The Morgan fingerprint density at radius 2 is 2.10 bits per heavy atom. The Bertz CT molecular complexity index is 518. The van der Waals surface area contributed by atoms with Gasteiger partial charge in [-0.2, -0.15) is 0 Å². The van der Waals surface area contributed by atoms with Crippen molar-refractivity contribution in [2.45, 2.75) is 25.9 Å². The largest absolute Gasteiger partial charge is 0.480 e. The molecule has 114 valence electrons. The van der Waals surface area contributed by atoms with E-state index in [1.165, 1.54) is 10.5 Å². The van der Waals surface area contributed by atoms with Crippen LogP contribution in [0.4, 0.5) is 4.79 Å². The highest BCUT2D eigenvalue weighted by Crippen LogP contribution is 2.11. The molecule has 6 nitrogen and oxygen atoms in total. The van der Waals surface area contributed by atoms with Crippen LogP contribution < -0.4 is 5.32 Å². The van der Waals surface area contributed by atoms with Gasteiger partial charge in [0.05, 0.1) is 13.2 Å². The lowest BCUT2D eigenvalue weighted by molar-refractivity contribution is -0.147. The minimum Gasteiger partial charge on any atom is -0.480 e.